The lowest BCUT2D eigenvalue weighted by Crippen LogP contribution is -2.31. The number of pyridine rings is 1. The Balaban J connectivity index is 2.00. The number of aryl methyl sites for hydroxylation is 1. The number of rotatable bonds is 5. The second kappa shape index (κ2) is 7.13. The van der Waals surface area contributed by atoms with E-state index in [1.54, 1.807) is 34.9 Å². The predicted molar refractivity (Wildman–Crippen MR) is 85.8 cm³/mol. The minimum atomic E-state index is -0.221. The molecule has 0 saturated heterocycles. The van der Waals surface area contributed by atoms with Crippen LogP contribution >= 0.6 is 11.6 Å². The van der Waals surface area contributed by atoms with Gasteiger partial charge in [0.1, 0.15) is 5.75 Å². The zero-order valence-corrected chi connectivity index (χ0v) is 13.2. The molecule has 2 aromatic rings. The minimum absolute atomic E-state index is 0.158. The van der Waals surface area contributed by atoms with Crippen molar-refractivity contribution < 1.29 is 9.53 Å². The van der Waals surface area contributed by atoms with Gasteiger partial charge < -0.3 is 14.6 Å². The van der Waals surface area contributed by atoms with Crippen molar-refractivity contribution in [3.8, 4) is 5.75 Å². The van der Waals surface area contributed by atoms with Gasteiger partial charge in [-0.3, -0.25) is 9.59 Å². The van der Waals surface area contributed by atoms with Gasteiger partial charge in [0.15, 0.2) is 0 Å². The molecule has 116 valence electrons. The van der Waals surface area contributed by atoms with Gasteiger partial charge in [0, 0.05) is 35.4 Å². The number of carbonyl (C=O) groups excluding carboxylic acids is 1. The Bertz CT molecular complexity index is 740. The lowest BCUT2D eigenvalue weighted by molar-refractivity contribution is 0.0952. The Hall–Kier alpha value is -2.27. The molecule has 1 heterocycles. The first-order valence-corrected chi connectivity index (χ1v) is 7.18. The molecule has 2 rings (SSSR count). The van der Waals surface area contributed by atoms with Crippen molar-refractivity contribution in [2.24, 2.45) is 0 Å². The normalized spacial score (nSPS) is 10.3. The van der Waals surface area contributed by atoms with E-state index in [-0.39, 0.29) is 11.5 Å². The Labute approximate surface area is 133 Å². The number of hydrogen-bond donors (Lipinski definition) is 1. The number of carbonyl (C=O) groups is 1. The molecule has 22 heavy (non-hydrogen) atoms. The highest BCUT2D eigenvalue weighted by Gasteiger charge is 2.07. The maximum absolute atomic E-state index is 12.0. The van der Waals surface area contributed by atoms with Crippen LogP contribution in [-0.2, 0) is 6.54 Å². The molecule has 0 aliphatic heterocycles. The van der Waals surface area contributed by atoms with Crippen LogP contribution in [0.5, 0.6) is 5.75 Å². The number of nitrogens with zero attached hydrogens (tertiary/aromatic N) is 1. The number of amides is 1. The van der Waals surface area contributed by atoms with Crippen molar-refractivity contribution in [2.75, 3.05) is 13.7 Å². The Morgan fingerprint density at radius 2 is 2.09 bits per heavy atom. The lowest BCUT2D eigenvalue weighted by Gasteiger charge is -2.12. The first-order valence-electron chi connectivity index (χ1n) is 6.80. The van der Waals surface area contributed by atoms with Crippen LogP contribution in [0.3, 0.4) is 0 Å². The Morgan fingerprint density at radius 3 is 2.73 bits per heavy atom. The molecule has 0 spiro atoms. The number of halogens is 1. The summed E-state index contributed by atoms with van der Waals surface area (Å²) in [6.07, 6.45) is 0. The molecule has 1 aromatic carbocycles. The molecular weight excluding hydrogens is 304 g/mol. The van der Waals surface area contributed by atoms with E-state index in [0.717, 1.165) is 5.69 Å². The molecule has 0 saturated carbocycles. The summed E-state index contributed by atoms with van der Waals surface area (Å²) < 4.78 is 6.63. The number of hydrogen-bond acceptors (Lipinski definition) is 3. The fraction of sp³-hybridized carbons (Fsp3) is 0.250. The number of ether oxygens (including phenoxy) is 1. The average Bonchev–Trinajstić information content (AvgIpc) is 2.49. The fourth-order valence-corrected chi connectivity index (χ4v) is 2.31. The highest BCUT2D eigenvalue weighted by atomic mass is 35.5. The molecule has 0 fully saturated rings. The molecule has 0 radical (unpaired) electrons. The summed E-state index contributed by atoms with van der Waals surface area (Å²) in [4.78, 5) is 23.9. The van der Waals surface area contributed by atoms with Gasteiger partial charge in [-0.15, -0.1) is 0 Å². The van der Waals surface area contributed by atoms with Gasteiger partial charge in [-0.1, -0.05) is 17.7 Å². The summed E-state index contributed by atoms with van der Waals surface area (Å²) in [6, 6.07) is 9.91. The van der Waals surface area contributed by atoms with Crippen LogP contribution in [-0.4, -0.2) is 24.1 Å². The minimum Gasteiger partial charge on any atom is -0.496 e. The van der Waals surface area contributed by atoms with Crippen molar-refractivity contribution >= 4 is 17.5 Å². The van der Waals surface area contributed by atoms with Crippen LogP contribution in [0.15, 0.2) is 41.2 Å². The summed E-state index contributed by atoms with van der Waals surface area (Å²) in [5.74, 6) is 0.309. The second-order valence-corrected chi connectivity index (χ2v) is 5.23. The number of nitrogens with one attached hydrogen (secondary N) is 1. The van der Waals surface area contributed by atoms with Crippen molar-refractivity contribution in [2.45, 2.75) is 13.5 Å². The number of benzene rings is 1. The van der Waals surface area contributed by atoms with Gasteiger partial charge in [-0.05, 0) is 31.2 Å². The van der Waals surface area contributed by atoms with E-state index < -0.39 is 0 Å². The van der Waals surface area contributed by atoms with Crippen molar-refractivity contribution in [3.05, 3.63) is 63.0 Å². The zero-order valence-electron chi connectivity index (χ0n) is 12.4. The smallest absolute Gasteiger partial charge is 0.254 e. The summed E-state index contributed by atoms with van der Waals surface area (Å²) in [5.41, 5.74) is 1.11. The van der Waals surface area contributed by atoms with E-state index in [1.807, 2.05) is 6.92 Å². The van der Waals surface area contributed by atoms with E-state index >= 15 is 0 Å². The lowest BCUT2D eigenvalue weighted by atomic mass is 10.2. The largest absolute Gasteiger partial charge is 0.496 e. The maximum Gasteiger partial charge on any atom is 0.254 e. The predicted octanol–water partition coefficient (Wildman–Crippen LogP) is 2.25. The van der Waals surface area contributed by atoms with Crippen LogP contribution in [0.2, 0.25) is 5.02 Å². The first kappa shape index (κ1) is 16.1. The summed E-state index contributed by atoms with van der Waals surface area (Å²) in [6.45, 7) is 2.56. The van der Waals surface area contributed by atoms with E-state index in [4.69, 9.17) is 16.3 Å². The molecule has 1 aromatic heterocycles. The molecule has 0 atom stereocenters. The van der Waals surface area contributed by atoms with Crippen LogP contribution in [0.1, 0.15) is 16.1 Å². The molecule has 6 heteroatoms. The van der Waals surface area contributed by atoms with Crippen LogP contribution in [0.4, 0.5) is 0 Å². The SMILES string of the molecule is COc1cc(C)n(CCNC(=O)c2cccc(Cl)c2)c(=O)c1. The third-order valence-corrected chi connectivity index (χ3v) is 3.49. The molecule has 5 nitrogen and oxygen atoms in total. The van der Waals surface area contributed by atoms with E-state index in [2.05, 4.69) is 5.32 Å². The van der Waals surface area contributed by atoms with Gasteiger partial charge in [-0.2, -0.15) is 0 Å². The van der Waals surface area contributed by atoms with Crippen LogP contribution in [0, 0.1) is 6.92 Å². The van der Waals surface area contributed by atoms with Crippen LogP contribution < -0.4 is 15.6 Å². The van der Waals surface area contributed by atoms with E-state index in [9.17, 15) is 9.59 Å². The first-order chi connectivity index (χ1) is 10.5. The van der Waals surface area contributed by atoms with Gasteiger partial charge in [-0.25, -0.2) is 0 Å². The van der Waals surface area contributed by atoms with E-state index in [1.165, 1.54) is 13.2 Å². The standard InChI is InChI=1S/C16H17ClN2O3/c1-11-8-14(22-2)10-15(20)19(11)7-6-18-16(21)12-4-3-5-13(17)9-12/h3-5,8-10H,6-7H2,1-2H3,(H,18,21). The number of methoxy groups -OCH3 is 1. The molecule has 0 bridgehead atoms. The van der Waals surface area contributed by atoms with E-state index in [0.29, 0.717) is 29.4 Å². The number of aromatic nitrogens is 1. The molecule has 0 aliphatic carbocycles. The van der Waals surface area contributed by atoms with Crippen molar-refractivity contribution in [1.82, 2.24) is 9.88 Å². The quantitative estimate of drug-likeness (QED) is 0.919. The molecular formula is C16H17ClN2O3. The van der Waals surface area contributed by atoms with Gasteiger partial charge in [0.05, 0.1) is 7.11 Å². The molecule has 0 unspecified atom stereocenters. The molecule has 1 N–H and O–H groups in total. The topological polar surface area (TPSA) is 60.3 Å². The highest BCUT2D eigenvalue weighted by molar-refractivity contribution is 6.30. The van der Waals surface area contributed by atoms with Gasteiger partial charge in [0.25, 0.3) is 11.5 Å². The monoisotopic (exact) mass is 320 g/mol. The zero-order chi connectivity index (χ0) is 16.1. The third kappa shape index (κ3) is 3.89. The summed E-state index contributed by atoms with van der Waals surface area (Å²) in [7, 11) is 1.52. The highest BCUT2D eigenvalue weighted by Crippen LogP contribution is 2.10. The summed E-state index contributed by atoms with van der Waals surface area (Å²) in [5, 5.41) is 3.28. The Kier molecular flexibility index (Phi) is 5.22. The fourth-order valence-electron chi connectivity index (χ4n) is 2.12. The molecule has 0 aliphatic rings. The average molecular weight is 321 g/mol. The second-order valence-electron chi connectivity index (χ2n) is 4.79. The van der Waals surface area contributed by atoms with Crippen molar-refractivity contribution in [3.63, 3.8) is 0 Å². The summed E-state index contributed by atoms with van der Waals surface area (Å²) >= 11 is 5.85. The van der Waals surface area contributed by atoms with Gasteiger partial charge in [0.2, 0.25) is 0 Å². The Morgan fingerprint density at radius 1 is 1.32 bits per heavy atom. The maximum atomic E-state index is 12.0. The third-order valence-electron chi connectivity index (χ3n) is 3.25. The van der Waals surface area contributed by atoms with Crippen LogP contribution in [0.25, 0.3) is 0 Å². The molecule has 1 amide bonds. The van der Waals surface area contributed by atoms with Gasteiger partial charge >= 0.3 is 0 Å². The van der Waals surface area contributed by atoms with Crippen molar-refractivity contribution in [1.29, 1.82) is 0 Å².